The minimum Gasteiger partial charge on any atom is -0.383 e. The number of methoxy groups -OCH3 is 1. The van der Waals surface area contributed by atoms with Crippen LogP contribution >= 0.6 is 11.6 Å². The lowest BCUT2D eigenvalue weighted by atomic mass is 10.1. The first-order valence-electron chi connectivity index (χ1n) is 5.87. The third-order valence-corrected chi connectivity index (χ3v) is 3.44. The van der Waals surface area contributed by atoms with Gasteiger partial charge in [0, 0.05) is 26.7 Å². The lowest BCUT2D eigenvalue weighted by Crippen LogP contribution is -2.37. The van der Waals surface area contributed by atoms with Crippen molar-refractivity contribution < 1.29 is 4.74 Å². The summed E-state index contributed by atoms with van der Waals surface area (Å²) in [7, 11) is 3.63. The van der Waals surface area contributed by atoms with Crippen LogP contribution in [-0.2, 0) is 18.3 Å². The van der Waals surface area contributed by atoms with Crippen molar-refractivity contribution in [3.8, 4) is 0 Å². The summed E-state index contributed by atoms with van der Waals surface area (Å²) in [5, 5.41) is 8.50. The Balaban J connectivity index is 2.65. The number of nitrogens with zero attached hydrogens (tertiary/aromatic N) is 2. The molecule has 1 aromatic rings. The Hall–Kier alpha value is -0.580. The smallest absolute Gasteiger partial charge is 0.0860 e. The van der Waals surface area contributed by atoms with E-state index >= 15 is 0 Å². The Kier molecular flexibility index (Phi) is 5.43. The standard InChI is InChI=1S/C12H22ClN3O/c1-8(2)10(7-17-5)14-6-11-12(13)9(3)15-16(11)4/h8,10,14H,6-7H2,1-5H3. The van der Waals surface area contributed by atoms with Gasteiger partial charge in [0.1, 0.15) is 0 Å². The molecule has 0 bridgehead atoms. The second-order valence-electron chi connectivity index (χ2n) is 4.66. The van der Waals surface area contributed by atoms with Gasteiger partial charge in [-0.3, -0.25) is 4.68 Å². The Morgan fingerprint density at radius 1 is 1.47 bits per heavy atom. The molecule has 98 valence electrons. The van der Waals surface area contributed by atoms with Crippen LogP contribution in [0.4, 0.5) is 0 Å². The van der Waals surface area contributed by atoms with Crippen molar-refractivity contribution in [2.24, 2.45) is 13.0 Å². The number of aryl methyl sites for hydroxylation is 2. The number of halogens is 1. The molecule has 0 amide bonds. The first-order valence-corrected chi connectivity index (χ1v) is 6.25. The maximum Gasteiger partial charge on any atom is 0.0860 e. The van der Waals surface area contributed by atoms with Crippen molar-refractivity contribution in [1.29, 1.82) is 0 Å². The van der Waals surface area contributed by atoms with Crippen LogP contribution in [0, 0.1) is 12.8 Å². The van der Waals surface area contributed by atoms with E-state index < -0.39 is 0 Å². The third kappa shape index (κ3) is 3.69. The molecule has 0 aliphatic carbocycles. The Labute approximate surface area is 108 Å². The molecule has 4 nitrogen and oxygen atoms in total. The van der Waals surface area contributed by atoms with Crippen molar-refractivity contribution in [3.63, 3.8) is 0 Å². The number of nitrogens with one attached hydrogen (secondary N) is 1. The lowest BCUT2D eigenvalue weighted by molar-refractivity contribution is 0.146. The van der Waals surface area contributed by atoms with Crippen LogP contribution in [0.3, 0.4) is 0 Å². The number of aromatic nitrogens is 2. The summed E-state index contributed by atoms with van der Waals surface area (Å²) in [6, 6.07) is 0.325. The molecule has 1 heterocycles. The fourth-order valence-electron chi connectivity index (χ4n) is 1.77. The minimum atomic E-state index is 0.325. The van der Waals surface area contributed by atoms with Crippen molar-refractivity contribution in [1.82, 2.24) is 15.1 Å². The molecule has 0 aliphatic rings. The van der Waals surface area contributed by atoms with E-state index in [0.717, 1.165) is 16.4 Å². The molecule has 0 spiro atoms. The van der Waals surface area contributed by atoms with E-state index in [2.05, 4.69) is 24.3 Å². The maximum absolute atomic E-state index is 6.20. The van der Waals surface area contributed by atoms with Crippen LogP contribution in [0.2, 0.25) is 5.02 Å². The summed E-state index contributed by atoms with van der Waals surface area (Å²) in [5.74, 6) is 0.517. The second-order valence-corrected chi connectivity index (χ2v) is 5.03. The second kappa shape index (κ2) is 6.38. The Bertz CT molecular complexity index is 363. The topological polar surface area (TPSA) is 39.1 Å². The molecular weight excluding hydrogens is 238 g/mol. The molecular formula is C12H22ClN3O. The number of hydrogen-bond acceptors (Lipinski definition) is 3. The fraction of sp³-hybridized carbons (Fsp3) is 0.750. The summed E-state index contributed by atoms with van der Waals surface area (Å²) < 4.78 is 7.03. The normalized spacial score (nSPS) is 13.4. The number of rotatable bonds is 6. The highest BCUT2D eigenvalue weighted by molar-refractivity contribution is 6.31. The van der Waals surface area contributed by atoms with Gasteiger partial charge in [-0.05, 0) is 12.8 Å². The minimum absolute atomic E-state index is 0.325. The van der Waals surface area contributed by atoms with Gasteiger partial charge in [0.25, 0.3) is 0 Å². The van der Waals surface area contributed by atoms with Gasteiger partial charge in [0.05, 0.1) is 23.0 Å². The Morgan fingerprint density at radius 3 is 2.53 bits per heavy atom. The highest BCUT2D eigenvalue weighted by Crippen LogP contribution is 2.19. The van der Waals surface area contributed by atoms with E-state index in [1.807, 2.05) is 18.7 Å². The molecule has 0 aromatic carbocycles. The van der Waals surface area contributed by atoms with Gasteiger partial charge in [0.15, 0.2) is 0 Å². The Morgan fingerprint density at radius 2 is 2.12 bits per heavy atom. The summed E-state index contributed by atoms with van der Waals surface area (Å²) in [6.45, 7) is 7.68. The van der Waals surface area contributed by atoms with E-state index in [4.69, 9.17) is 16.3 Å². The first kappa shape index (κ1) is 14.5. The zero-order valence-electron chi connectivity index (χ0n) is 11.2. The van der Waals surface area contributed by atoms with Crippen LogP contribution in [0.5, 0.6) is 0 Å². The predicted molar refractivity (Wildman–Crippen MR) is 70.3 cm³/mol. The maximum atomic E-state index is 6.20. The summed E-state index contributed by atoms with van der Waals surface area (Å²) in [4.78, 5) is 0. The average Bonchev–Trinajstić information content (AvgIpc) is 2.49. The molecule has 17 heavy (non-hydrogen) atoms. The van der Waals surface area contributed by atoms with Crippen molar-refractivity contribution in [2.45, 2.75) is 33.4 Å². The lowest BCUT2D eigenvalue weighted by Gasteiger charge is -2.21. The van der Waals surface area contributed by atoms with Gasteiger partial charge >= 0.3 is 0 Å². The van der Waals surface area contributed by atoms with E-state index in [9.17, 15) is 0 Å². The largest absolute Gasteiger partial charge is 0.383 e. The molecule has 0 radical (unpaired) electrons. The molecule has 1 aromatic heterocycles. The van der Waals surface area contributed by atoms with Crippen LogP contribution in [0.15, 0.2) is 0 Å². The summed E-state index contributed by atoms with van der Waals surface area (Å²) in [5.41, 5.74) is 1.89. The average molecular weight is 260 g/mol. The van der Waals surface area contributed by atoms with E-state index in [-0.39, 0.29) is 0 Å². The van der Waals surface area contributed by atoms with Gasteiger partial charge in [-0.1, -0.05) is 25.4 Å². The summed E-state index contributed by atoms with van der Waals surface area (Å²) >= 11 is 6.20. The number of ether oxygens (including phenoxy) is 1. The fourth-order valence-corrected chi connectivity index (χ4v) is 1.99. The molecule has 0 aliphatic heterocycles. The first-order chi connectivity index (χ1) is 7.97. The molecule has 0 saturated carbocycles. The molecule has 5 heteroatoms. The molecule has 1 N–H and O–H groups in total. The van der Waals surface area contributed by atoms with Crippen molar-refractivity contribution in [3.05, 3.63) is 16.4 Å². The summed E-state index contributed by atoms with van der Waals surface area (Å²) in [6.07, 6.45) is 0. The van der Waals surface area contributed by atoms with E-state index in [1.54, 1.807) is 7.11 Å². The van der Waals surface area contributed by atoms with E-state index in [0.29, 0.717) is 25.1 Å². The van der Waals surface area contributed by atoms with Gasteiger partial charge < -0.3 is 10.1 Å². The molecule has 0 saturated heterocycles. The number of hydrogen-bond donors (Lipinski definition) is 1. The van der Waals surface area contributed by atoms with Crippen LogP contribution < -0.4 is 5.32 Å². The van der Waals surface area contributed by atoms with Crippen molar-refractivity contribution in [2.75, 3.05) is 13.7 Å². The predicted octanol–water partition coefficient (Wildman–Crippen LogP) is 2.14. The van der Waals surface area contributed by atoms with Gasteiger partial charge in [-0.15, -0.1) is 0 Å². The van der Waals surface area contributed by atoms with Gasteiger partial charge in [-0.25, -0.2) is 0 Å². The molecule has 0 fully saturated rings. The SMILES string of the molecule is COCC(NCc1c(Cl)c(C)nn1C)C(C)C. The monoisotopic (exact) mass is 259 g/mol. The van der Waals surface area contributed by atoms with Crippen molar-refractivity contribution >= 4 is 11.6 Å². The van der Waals surface area contributed by atoms with Crippen LogP contribution in [-0.4, -0.2) is 29.5 Å². The zero-order valence-corrected chi connectivity index (χ0v) is 12.0. The highest BCUT2D eigenvalue weighted by atomic mass is 35.5. The highest BCUT2D eigenvalue weighted by Gasteiger charge is 2.16. The van der Waals surface area contributed by atoms with Crippen LogP contribution in [0.25, 0.3) is 0 Å². The van der Waals surface area contributed by atoms with Crippen LogP contribution in [0.1, 0.15) is 25.2 Å². The quantitative estimate of drug-likeness (QED) is 0.851. The van der Waals surface area contributed by atoms with Gasteiger partial charge in [-0.2, -0.15) is 5.10 Å². The van der Waals surface area contributed by atoms with E-state index in [1.165, 1.54) is 0 Å². The zero-order chi connectivity index (χ0) is 13.0. The molecule has 1 unspecified atom stereocenters. The molecule has 1 rings (SSSR count). The van der Waals surface area contributed by atoms with Gasteiger partial charge in [0.2, 0.25) is 0 Å². The molecule has 1 atom stereocenters. The third-order valence-electron chi connectivity index (χ3n) is 2.94.